The van der Waals surface area contributed by atoms with Gasteiger partial charge >= 0.3 is 0 Å². The van der Waals surface area contributed by atoms with Gasteiger partial charge in [0.25, 0.3) is 0 Å². The number of nitrogens with two attached hydrogens (primary N) is 1. The molecule has 0 rings (SSSR count). The maximum absolute atomic E-state index is 9.03. The Bertz CT molecular complexity index is 191. The molecule has 0 aliphatic rings. The molecule has 0 saturated carbocycles. The van der Waals surface area contributed by atoms with Gasteiger partial charge in [-0.2, -0.15) is 0 Å². The second-order valence-electron chi connectivity index (χ2n) is 6.24. The smallest absolute Gasteiger partial charge is 0.0448 e. The van der Waals surface area contributed by atoms with Crippen LogP contribution in [-0.4, -0.2) is 29.0 Å². The SMILES string of the molecule is CCCCCCCCCCCCC(N)(CCO)CCO. The summed E-state index contributed by atoms with van der Waals surface area (Å²) in [6.07, 6.45) is 15.3. The molecule has 0 spiro atoms. The van der Waals surface area contributed by atoms with Gasteiger partial charge in [-0.05, 0) is 19.3 Å². The highest BCUT2D eigenvalue weighted by Gasteiger charge is 2.22. The van der Waals surface area contributed by atoms with E-state index in [1.165, 1.54) is 57.8 Å². The van der Waals surface area contributed by atoms with E-state index >= 15 is 0 Å². The summed E-state index contributed by atoms with van der Waals surface area (Å²) in [5.41, 5.74) is 5.85. The van der Waals surface area contributed by atoms with Gasteiger partial charge in [-0.3, -0.25) is 0 Å². The number of unbranched alkanes of at least 4 members (excludes halogenated alkanes) is 9. The molecule has 0 heterocycles. The quantitative estimate of drug-likeness (QED) is 0.402. The molecule has 0 radical (unpaired) electrons. The second kappa shape index (κ2) is 13.8. The van der Waals surface area contributed by atoms with Crippen LogP contribution < -0.4 is 5.73 Å². The van der Waals surface area contributed by atoms with Gasteiger partial charge in [-0.1, -0.05) is 71.1 Å². The van der Waals surface area contributed by atoms with Gasteiger partial charge in [0.05, 0.1) is 0 Å². The normalized spacial score (nSPS) is 12.0. The third-order valence-electron chi connectivity index (χ3n) is 4.25. The molecule has 0 fully saturated rings. The zero-order valence-electron chi connectivity index (χ0n) is 13.6. The summed E-state index contributed by atoms with van der Waals surface area (Å²) in [4.78, 5) is 0. The van der Waals surface area contributed by atoms with E-state index in [0.717, 1.165) is 12.8 Å². The first-order valence-electron chi connectivity index (χ1n) is 8.69. The van der Waals surface area contributed by atoms with Crippen molar-refractivity contribution in [3.05, 3.63) is 0 Å². The maximum atomic E-state index is 9.03. The summed E-state index contributed by atoms with van der Waals surface area (Å²) in [5, 5.41) is 18.1. The molecule has 0 saturated heterocycles. The topological polar surface area (TPSA) is 66.5 Å². The molecule has 3 nitrogen and oxygen atoms in total. The van der Waals surface area contributed by atoms with Gasteiger partial charge in [0.15, 0.2) is 0 Å². The lowest BCUT2D eigenvalue weighted by Crippen LogP contribution is -2.41. The van der Waals surface area contributed by atoms with Crippen molar-refractivity contribution in [3.8, 4) is 0 Å². The highest BCUT2D eigenvalue weighted by Crippen LogP contribution is 2.20. The average molecular weight is 287 g/mol. The highest BCUT2D eigenvalue weighted by molar-refractivity contribution is 4.83. The maximum Gasteiger partial charge on any atom is 0.0448 e. The first-order chi connectivity index (χ1) is 9.68. The predicted octanol–water partition coefficient (Wildman–Crippen LogP) is 3.76. The van der Waals surface area contributed by atoms with Crippen LogP contribution in [0.2, 0.25) is 0 Å². The minimum Gasteiger partial charge on any atom is -0.396 e. The van der Waals surface area contributed by atoms with Crippen molar-refractivity contribution in [2.75, 3.05) is 13.2 Å². The lowest BCUT2D eigenvalue weighted by atomic mass is 9.87. The Balaban J connectivity index is 3.41. The number of rotatable bonds is 15. The summed E-state index contributed by atoms with van der Waals surface area (Å²) in [5.74, 6) is 0. The van der Waals surface area contributed by atoms with Crippen LogP contribution >= 0.6 is 0 Å². The number of hydrogen-bond donors (Lipinski definition) is 3. The van der Waals surface area contributed by atoms with Crippen molar-refractivity contribution >= 4 is 0 Å². The Kier molecular flexibility index (Phi) is 13.8. The summed E-state index contributed by atoms with van der Waals surface area (Å²) < 4.78 is 0. The molecule has 122 valence electrons. The van der Waals surface area contributed by atoms with Gasteiger partial charge in [-0.25, -0.2) is 0 Å². The number of hydrogen-bond acceptors (Lipinski definition) is 3. The average Bonchev–Trinajstić information content (AvgIpc) is 2.41. The lowest BCUT2D eigenvalue weighted by molar-refractivity contribution is 0.183. The Hall–Kier alpha value is -0.120. The van der Waals surface area contributed by atoms with Crippen LogP contribution in [0.3, 0.4) is 0 Å². The molecule has 0 aliphatic carbocycles. The third kappa shape index (κ3) is 11.7. The Morgan fingerprint density at radius 3 is 1.45 bits per heavy atom. The fourth-order valence-electron chi connectivity index (χ4n) is 2.78. The van der Waals surface area contributed by atoms with Crippen LogP contribution in [0.4, 0.5) is 0 Å². The van der Waals surface area contributed by atoms with Gasteiger partial charge in [-0.15, -0.1) is 0 Å². The first kappa shape index (κ1) is 19.9. The summed E-state index contributed by atoms with van der Waals surface area (Å²) in [6.45, 7) is 2.49. The van der Waals surface area contributed by atoms with E-state index in [-0.39, 0.29) is 18.8 Å². The third-order valence-corrected chi connectivity index (χ3v) is 4.25. The second-order valence-corrected chi connectivity index (χ2v) is 6.24. The van der Waals surface area contributed by atoms with Crippen molar-refractivity contribution in [2.24, 2.45) is 5.73 Å². The van der Waals surface area contributed by atoms with Gasteiger partial charge in [0, 0.05) is 18.8 Å². The zero-order valence-corrected chi connectivity index (χ0v) is 13.6. The molecule has 0 unspecified atom stereocenters. The first-order valence-corrected chi connectivity index (χ1v) is 8.69. The molecular formula is C17H37NO2. The standard InChI is InChI=1S/C17H37NO2/c1-2-3-4-5-6-7-8-9-10-11-12-17(18,13-15-19)14-16-20/h19-20H,2-16,18H2,1H3. The Morgan fingerprint density at radius 2 is 1.05 bits per heavy atom. The molecule has 0 atom stereocenters. The molecule has 0 amide bonds. The van der Waals surface area contributed by atoms with Crippen LogP contribution in [0.15, 0.2) is 0 Å². The van der Waals surface area contributed by atoms with E-state index in [4.69, 9.17) is 15.9 Å². The zero-order chi connectivity index (χ0) is 15.1. The van der Waals surface area contributed by atoms with Crippen molar-refractivity contribution < 1.29 is 10.2 Å². The summed E-state index contributed by atoms with van der Waals surface area (Å²) in [7, 11) is 0. The van der Waals surface area contributed by atoms with E-state index < -0.39 is 0 Å². The molecule has 4 N–H and O–H groups in total. The predicted molar refractivity (Wildman–Crippen MR) is 86.8 cm³/mol. The van der Waals surface area contributed by atoms with Gasteiger partial charge < -0.3 is 15.9 Å². The van der Waals surface area contributed by atoms with Crippen LogP contribution in [0.5, 0.6) is 0 Å². The number of aliphatic hydroxyl groups excluding tert-OH is 2. The fourth-order valence-corrected chi connectivity index (χ4v) is 2.78. The molecule has 20 heavy (non-hydrogen) atoms. The van der Waals surface area contributed by atoms with Crippen LogP contribution in [0.1, 0.15) is 90.4 Å². The molecule has 0 aliphatic heterocycles. The van der Waals surface area contributed by atoms with E-state index in [2.05, 4.69) is 6.92 Å². The highest BCUT2D eigenvalue weighted by atomic mass is 16.3. The van der Waals surface area contributed by atoms with Gasteiger partial charge in [0.2, 0.25) is 0 Å². The largest absolute Gasteiger partial charge is 0.396 e. The van der Waals surface area contributed by atoms with E-state index in [1.807, 2.05) is 0 Å². The van der Waals surface area contributed by atoms with Crippen molar-refractivity contribution in [1.29, 1.82) is 0 Å². The minimum absolute atomic E-state index is 0.119. The van der Waals surface area contributed by atoms with E-state index in [9.17, 15) is 0 Å². The summed E-state index contributed by atoms with van der Waals surface area (Å²) in [6, 6.07) is 0. The van der Waals surface area contributed by atoms with Crippen molar-refractivity contribution in [3.63, 3.8) is 0 Å². The van der Waals surface area contributed by atoms with E-state index in [0.29, 0.717) is 12.8 Å². The fraction of sp³-hybridized carbons (Fsp3) is 1.00. The van der Waals surface area contributed by atoms with Crippen LogP contribution in [-0.2, 0) is 0 Å². The number of aliphatic hydroxyl groups is 2. The Labute approximate surface area is 126 Å². The van der Waals surface area contributed by atoms with Crippen LogP contribution in [0.25, 0.3) is 0 Å². The van der Waals surface area contributed by atoms with Crippen molar-refractivity contribution in [2.45, 2.75) is 95.9 Å². The molecular weight excluding hydrogens is 250 g/mol. The lowest BCUT2D eigenvalue weighted by Gasteiger charge is -2.28. The molecule has 3 heteroatoms. The van der Waals surface area contributed by atoms with Crippen molar-refractivity contribution in [1.82, 2.24) is 0 Å². The minimum atomic E-state index is -0.357. The summed E-state index contributed by atoms with van der Waals surface area (Å²) >= 11 is 0. The molecule has 0 aromatic carbocycles. The monoisotopic (exact) mass is 287 g/mol. The molecule has 0 aromatic rings. The van der Waals surface area contributed by atoms with Gasteiger partial charge in [0.1, 0.15) is 0 Å². The molecule has 0 bridgehead atoms. The van der Waals surface area contributed by atoms with Crippen LogP contribution in [0, 0.1) is 0 Å². The Morgan fingerprint density at radius 1 is 0.650 bits per heavy atom. The van der Waals surface area contributed by atoms with E-state index in [1.54, 1.807) is 0 Å². The molecule has 0 aromatic heterocycles.